The van der Waals surface area contributed by atoms with Crippen molar-refractivity contribution in [3.8, 4) is 5.69 Å². The molecule has 0 aliphatic carbocycles. The van der Waals surface area contributed by atoms with Gasteiger partial charge in [-0.1, -0.05) is 11.3 Å². The smallest absolute Gasteiger partial charge is 0.276 e. The molecule has 24 heavy (non-hydrogen) atoms. The van der Waals surface area contributed by atoms with Crippen molar-refractivity contribution in [1.82, 2.24) is 30.2 Å². The van der Waals surface area contributed by atoms with Gasteiger partial charge in [-0.3, -0.25) is 9.78 Å². The van der Waals surface area contributed by atoms with Gasteiger partial charge in [0.05, 0.1) is 16.9 Å². The summed E-state index contributed by atoms with van der Waals surface area (Å²) in [5.74, 6) is -0.0531. The summed E-state index contributed by atoms with van der Waals surface area (Å²) in [7, 11) is 0. The SMILES string of the molecule is Cc1c(C(=O)N2CCNCC2)nnn1-c1ccc2ncccc2c1. The first kappa shape index (κ1) is 14.8. The molecule has 7 nitrogen and oxygen atoms in total. The first-order valence-electron chi connectivity index (χ1n) is 8.01. The van der Waals surface area contributed by atoms with Crippen molar-refractivity contribution in [2.75, 3.05) is 26.2 Å². The minimum absolute atomic E-state index is 0.0531. The average Bonchev–Trinajstić information content (AvgIpc) is 3.03. The molecular formula is C17H18N6O. The molecule has 0 bridgehead atoms. The number of rotatable bonds is 2. The van der Waals surface area contributed by atoms with Crippen molar-refractivity contribution in [2.45, 2.75) is 6.92 Å². The van der Waals surface area contributed by atoms with Gasteiger partial charge in [-0.25, -0.2) is 4.68 Å². The molecule has 1 amide bonds. The van der Waals surface area contributed by atoms with E-state index in [1.807, 2.05) is 42.2 Å². The largest absolute Gasteiger partial charge is 0.335 e. The molecule has 1 aliphatic heterocycles. The zero-order chi connectivity index (χ0) is 16.5. The van der Waals surface area contributed by atoms with Gasteiger partial charge in [0.2, 0.25) is 0 Å². The number of nitrogens with zero attached hydrogens (tertiary/aromatic N) is 5. The van der Waals surface area contributed by atoms with Crippen molar-refractivity contribution in [3.05, 3.63) is 47.9 Å². The Morgan fingerprint density at radius 2 is 2.04 bits per heavy atom. The number of aromatic nitrogens is 4. The third-order valence-electron chi connectivity index (χ3n) is 4.33. The number of amides is 1. The second kappa shape index (κ2) is 6.01. The second-order valence-corrected chi connectivity index (χ2v) is 5.86. The zero-order valence-electron chi connectivity index (χ0n) is 13.4. The highest BCUT2D eigenvalue weighted by Crippen LogP contribution is 2.19. The highest BCUT2D eigenvalue weighted by Gasteiger charge is 2.24. The Hall–Kier alpha value is -2.80. The number of piperazine rings is 1. The Morgan fingerprint density at radius 1 is 1.21 bits per heavy atom. The van der Waals surface area contributed by atoms with Crippen LogP contribution in [0.4, 0.5) is 0 Å². The topological polar surface area (TPSA) is 75.9 Å². The predicted octanol–water partition coefficient (Wildman–Crippen LogP) is 1.17. The van der Waals surface area contributed by atoms with Crippen LogP contribution in [0, 0.1) is 6.92 Å². The lowest BCUT2D eigenvalue weighted by molar-refractivity contribution is 0.0729. The van der Waals surface area contributed by atoms with Crippen molar-refractivity contribution in [1.29, 1.82) is 0 Å². The van der Waals surface area contributed by atoms with Crippen LogP contribution in [-0.2, 0) is 0 Å². The van der Waals surface area contributed by atoms with Gasteiger partial charge >= 0.3 is 0 Å². The van der Waals surface area contributed by atoms with Gasteiger partial charge < -0.3 is 10.2 Å². The van der Waals surface area contributed by atoms with Crippen LogP contribution in [-0.4, -0.2) is 57.0 Å². The van der Waals surface area contributed by atoms with Crippen LogP contribution in [0.25, 0.3) is 16.6 Å². The molecule has 1 fully saturated rings. The van der Waals surface area contributed by atoms with Gasteiger partial charge in [0.1, 0.15) is 0 Å². The van der Waals surface area contributed by atoms with Gasteiger partial charge in [-0.15, -0.1) is 5.10 Å². The second-order valence-electron chi connectivity index (χ2n) is 5.86. The number of carbonyl (C=O) groups excluding carboxylic acids is 1. The van der Waals surface area contributed by atoms with E-state index in [-0.39, 0.29) is 5.91 Å². The molecule has 0 saturated carbocycles. The lowest BCUT2D eigenvalue weighted by Gasteiger charge is -2.26. The molecule has 0 spiro atoms. The third-order valence-corrected chi connectivity index (χ3v) is 4.33. The highest BCUT2D eigenvalue weighted by atomic mass is 16.2. The molecule has 7 heteroatoms. The Labute approximate surface area is 139 Å². The fraction of sp³-hybridized carbons (Fsp3) is 0.294. The standard InChI is InChI=1S/C17H18N6O/c1-12-16(17(24)22-9-7-18-8-10-22)20-21-23(12)14-4-5-15-13(11-14)3-2-6-19-15/h2-6,11,18H,7-10H2,1H3. The van der Waals surface area contributed by atoms with Crippen LogP contribution >= 0.6 is 0 Å². The van der Waals surface area contributed by atoms with E-state index in [0.29, 0.717) is 18.8 Å². The number of carbonyl (C=O) groups is 1. The highest BCUT2D eigenvalue weighted by molar-refractivity contribution is 5.93. The van der Waals surface area contributed by atoms with Gasteiger partial charge in [-0.2, -0.15) is 0 Å². The summed E-state index contributed by atoms with van der Waals surface area (Å²) in [5, 5.41) is 12.6. The zero-order valence-corrected chi connectivity index (χ0v) is 13.4. The Bertz CT molecular complexity index is 897. The van der Waals surface area contributed by atoms with E-state index in [9.17, 15) is 4.79 Å². The van der Waals surface area contributed by atoms with Gasteiger partial charge in [0.15, 0.2) is 5.69 Å². The molecule has 0 unspecified atom stereocenters. The van der Waals surface area contributed by atoms with E-state index < -0.39 is 0 Å². The first-order chi connectivity index (χ1) is 11.7. The number of hydrogen-bond donors (Lipinski definition) is 1. The summed E-state index contributed by atoms with van der Waals surface area (Å²) < 4.78 is 1.71. The Balaban J connectivity index is 1.69. The van der Waals surface area contributed by atoms with Crippen LogP contribution in [0.5, 0.6) is 0 Å². The average molecular weight is 322 g/mol. The molecule has 3 aromatic rings. The molecular weight excluding hydrogens is 304 g/mol. The van der Waals surface area contributed by atoms with Crippen LogP contribution < -0.4 is 5.32 Å². The van der Waals surface area contributed by atoms with E-state index in [0.717, 1.165) is 35.4 Å². The maximum absolute atomic E-state index is 12.6. The number of pyridine rings is 1. The monoisotopic (exact) mass is 322 g/mol. The summed E-state index contributed by atoms with van der Waals surface area (Å²) in [4.78, 5) is 18.8. The maximum atomic E-state index is 12.6. The fourth-order valence-electron chi connectivity index (χ4n) is 2.98. The normalized spacial score (nSPS) is 15.0. The van der Waals surface area contributed by atoms with Gasteiger partial charge in [-0.05, 0) is 31.2 Å². The molecule has 122 valence electrons. The van der Waals surface area contributed by atoms with Crippen LogP contribution in [0.2, 0.25) is 0 Å². The van der Waals surface area contributed by atoms with E-state index in [1.54, 1.807) is 10.9 Å². The van der Waals surface area contributed by atoms with E-state index in [4.69, 9.17) is 0 Å². The summed E-state index contributed by atoms with van der Waals surface area (Å²) in [6.07, 6.45) is 1.77. The molecule has 1 aromatic carbocycles. The maximum Gasteiger partial charge on any atom is 0.276 e. The van der Waals surface area contributed by atoms with Crippen molar-refractivity contribution >= 4 is 16.8 Å². The van der Waals surface area contributed by atoms with Crippen molar-refractivity contribution in [2.24, 2.45) is 0 Å². The molecule has 4 rings (SSSR count). The number of benzene rings is 1. The minimum Gasteiger partial charge on any atom is -0.335 e. The van der Waals surface area contributed by atoms with E-state index >= 15 is 0 Å². The quantitative estimate of drug-likeness (QED) is 0.766. The lowest BCUT2D eigenvalue weighted by atomic mass is 10.2. The van der Waals surface area contributed by atoms with Gasteiger partial charge in [0, 0.05) is 37.8 Å². The molecule has 2 aromatic heterocycles. The molecule has 3 heterocycles. The Morgan fingerprint density at radius 3 is 2.88 bits per heavy atom. The van der Waals surface area contributed by atoms with E-state index in [2.05, 4.69) is 20.6 Å². The minimum atomic E-state index is -0.0531. The summed E-state index contributed by atoms with van der Waals surface area (Å²) >= 11 is 0. The summed E-state index contributed by atoms with van der Waals surface area (Å²) in [6.45, 7) is 4.91. The first-order valence-corrected chi connectivity index (χ1v) is 8.01. The predicted molar refractivity (Wildman–Crippen MR) is 90.2 cm³/mol. The van der Waals surface area contributed by atoms with Gasteiger partial charge in [0.25, 0.3) is 5.91 Å². The molecule has 0 atom stereocenters. The molecule has 0 radical (unpaired) electrons. The number of fused-ring (bicyclic) bond motifs is 1. The van der Waals surface area contributed by atoms with Crippen LogP contribution in [0.3, 0.4) is 0 Å². The Kier molecular flexibility index (Phi) is 3.70. The van der Waals surface area contributed by atoms with E-state index in [1.165, 1.54) is 0 Å². The van der Waals surface area contributed by atoms with Crippen LogP contribution in [0.1, 0.15) is 16.2 Å². The number of nitrogens with one attached hydrogen (secondary N) is 1. The lowest BCUT2D eigenvalue weighted by Crippen LogP contribution is -2.46. The van der Waals surface area contributed by atoms with Crippen molar-refractivity contribution < 1.29 is 4.79 Å². The summed E-state index contributed by atoms with van der Waals surface area (Å²) in [5.41, 5.74) is 2.97. The molecule has 1 saturated heterocycles. The summed E-state index contributed by atoms with van der Waals surface area (Å²) in [6, 6.07) is 9.80. The molecule has 1 N–H and O–H groups in total. The van der Waals surface area contributed by atoms with Crippen molar-refractivity contribution in [3.63, 3.8) is 0 Å². The van der Waals surface area contributed by atoms with Crippen LogP contribution in [0.15, 0.2) is 36.5 Å². The fourth-order valence-corrected chi connectivity index (χ4v) is 2.98. The number of hydrogen-bond acceptors (Lipinski definition) is 5. The third kappa shape index (κ3) is 2.52. The molecule has 1 aliphatic rings.